The molecule has 8 nitrogen and oxygen atoms in total. The van der Waals surface area contributed by atoms with Gasteiger partial charge in [0.05, 0.1) is 0 Å². The van der Waals surface area contributed by atoms with Crippen LogP contribution in [0.25, 0.3) is 16.6 Å². The van der Waals surface area contributed by atoms with E-state index in [1.165, 1.54) is 32.1 Å². The standard InChI is InChI=1S/C22H23BrN6O.C4H8O.C2H6/c1-28-12-25-27-21(28)19(13-4-2-5-13)14-6-3-7-16(8-14)29-11-18(23)17-9-15(10-24)26-20(17)22(29)30;1-2-4-5-3-1;1-2/h3,6-9,11-13,19,26H,2,4-5,10,24H2,1H3;1-4H2;1-2H3. The molecule has 1 aromatic carbocycles. The van der Waals surface area contributed by atoms with Gasteiger partial charge in [0, 0.05) is 60.2 Å². The van der Waals surface area contributed by atoms with Crippen LogP contribution in [0.1, 0.15) is 69.0 Å². The van der Waals surface area contributed by atoms with Crippen LogP contribution in [0, 0.1) is 5.92 Å². The van der Waals surface area contributed by atoms with Gasteiger partial charge in [-0.05, 0) is 71.3 Å². The van der Waals surface area contributed by atoms with Crippen LogP contribution in [0.4, 0.5) is 0 Å². The lowest BCUT2D eigenvalue weighted by atomic mass is 9.72. The number of H-pyrrole nitrogens is 1. The number of aromatic nitrogens is 5. The zero-order chi connectivity index (χ0) is 26.4. The number of hydrogen-bond donors (Lipinski definition) is 2. The molecule has 1 saturated heterocycles. The second-order valence-corrected chi connectivity index (χ2v) is 10.2. The molecule has 2 aliphatic rings. The van der Waals surface area contributed by atoms with E-state index in [0.717, 1.165) is 45.8 Å². The van der Waals surface area contributed by atoms with Crippen molar-refractivity contribution in [2.45, 2.75) is 58.4 Å². The highest BCUT2D eigenvalue weighted by atomic mass is 79.9. The Morgan fingerprint density at radius 1 is 1.19 bits per heavy atom. The normalized spacial score (nSPS) is 15.9. The zero-order valence-corrected chi connectivity index (χ0v) is 23.5. The molecule has 3 N–H and O–H groups in total. The molecule has 198 valence electrons. The summed E-state index contributed by atoms with van der Waals surface area (Å²) in [6, 6.07) is 10.1. The van der Waals surface area contributed by atoms with Gasteiger partial charge in [-0.15, -0.1) is 10.2 Å². The van der Waals surface area contributed by atoms with Crippen molar-refractivity contribution in [1.82, 2.24) is 24.3 Å². The molecule has 0 bridgehead atoms. The fourth-order valence-electron chi connectivity index (χ4n) is 4.89. The van der Waals surface area contributed by atoms with Crippen LogP contribution in [0.2, 0.25) is 0 Å². The minimum absolute atomic E-state index is 0.0936. The molecule has 0 spiro atoms. The highest BCUT2D eigenvalue weighted by Gasteiger charge is 2.33. The number of aryl methyl sites for hydroxylation is 1. The van der Waals surface area contributed by atoms with Gasteiger partial charge in [0.15, 0.2) is 0 Å². The first-order chi connectivity index (χ1) is 18.1. The number of nitrogens with zero attached hydrogens (tertiary/aromatic N) is 4. The fraction of sp³-hybridized carbons (Fsp3) is 0.464. The third kappa shape index (κ3) is 5.89. The monoisotopic (exact) mass is 568 g/mol. The molecule has 37 heavy (non-hydrogen) atoms. The Kier molecular flexibility index (Phi) is 9.34. The molecule has 1 unspecified atom stereocenters. The lowest BCUT2D eigenvalue weighted by molar-refractivity contribution is 0.198. The summed E-state index contributed by atoms with van der Waals surface area (Å²) in [7, 11) is 1.99. The maximum absolute atomic E-state index is 13.2. The molecule has 3 aromatic heterocycles. The highest BCUT2D eigenvalue weighted by molar-refractivity contribution is 9.10. The van der Waals surface area contributed by atoms with Crippen LogP contribution < -0.4 is 11.3 Å². The number of hydrogen-bond acceptors (Lipinski definition) is 5. The Balaban J connectivity index is 0.000000403. The van der Waals surface area contributed by atoms with E-state index in [-0.39, 0.29) is 11.5 Å². The minimum Gasteiger partial charge on any atom is -0.381 e. The number of rotatable bonds is 5. The number of aromatic amines is 1. The Morgan fingerprint density at radius 2 is 1.95 bits per heavy atom. The van der Waals surface area contributed by atoms with Gasteiger partial charge in [-0.1, -0.05) is 32.4 Å². The third-order valence-electron chi connectivity index (χ3n) is 7.01. The fourth-order valence-corrected chi connectivity index (χ4v) is 5.41. The lowest BCUT2D eigenvalue weighted by Gasteiger charge is -2.33. The molecule has 4 heterocycles. The van der Waals surface area contributed by atoms with Gasteiger partial charge in [0.2, 0.25) is 0 Å². The molecular formula is C28H37BrN6O2. The molecule has 1 aliphatic carbocycles. The third-order valence-corrected chi connectivity index (χ3v) is 7.64. The summed E-state index contributed by atoms with van der Waals surface area (Å²) >= 11 is 3.61. The molecule has 1 saturated carbocycles. The predicted octanol–water partition coefficient (Wildman–Crippen LogP) is 5.42. The quantitative estimate of drug-likeness (QED) is 0.334. The maximum atomic E-state index is 13.2. The topological polar surface area (TPSA) is 104 Å². The largest absolute Gasteiger partial charge is 0.381 e. The van der Waals surface area contributed by atoms with Crippen molar-refractivity contribution in [3.63, 3.8) is 0 Å². The Morgan fingerprint density at radius 3 is 2.51 bits per heavy atom. The van der Waals surface area contributed by atoms with Crippen LogP contribution in [-0.2, 0) is 18.3 Å². The van der Waals surface area contributed by atoms with Gasteiger partial charge in [-0.2, -0.15) is 0 Å². The predicted molar refractivity (Wildman–Crippen MR) is 151 cm³/mol. The number of benzene rings is 1. The summed E-state index contributed by atoms with van der Waals surface area (Å²) in [6.45, 7) is 6.36. The number of ether oxygens (including phenoxy) is 1. The summed E-state index contributed by atoms with van der Waals surface area (Å²) in [6.07, 6.45) is 9.75. The van der Waals surface area contributed by atoms with E-state index in [9.17, 15) is 4.79 Å². The summed E-state index contributed by atoms with van der Waals surface area (Å²) in [5.74, 6) is 1.69. The number of pyridine rings is 1. The summed E-state index contributed by atoms with van der Waals surface area (Å²) < 4.78 is 9.47. The van der Waals surface area contributed by atoms with Crippen LogP contribution in [0.3, 0.4) is 0 Å². The average molecular weight is 570 g/mol. The van der Waals surface area contributed by atoms with Gasteiger partial charge in [-0.3, -0.25) is 9.36 Å². The summed E-state index contributed by atoms with van der Waals surface area (Å²) in [4.78, 5) is 16.4. The maximum Gasteiger partial charge on any atom is 0.279 e. The van der Waals surface area contributed by atoms with E-state index in [1.807, 2.05) is 49.9 Å². The van der Waals surface area contributed by atoms with Gasteiger partial charge in [0.25, 0.3) is 5.56 Å². The van der Waals surface area contributed by atoms with Crippen molar-refractivity contribution in [1.29, 1.82) is 0 Å². The van der Waals surface area contributed by atoms with E-state index in [2.05, 4.69) is 43.2 Å². The molecule has 0 radical (unpaired) electrons. The number of nitrogens with one attached hydrogen (secondary N) is 1. The van der Waals surface area contributed by atoms with E-state index in [4.69, 9.17) is 10.5 Å². The number of nitrogens with two attached hydrogens (primary N) is 1. The molecule has 1 atom stereocenters. The first kappa shape index (κ1) is 27.3. The van der Waals surface area contributed by atoms with Gasteiger partial charge in [-0.25, -0.2) is 0 Å². The Bertz CT molecular complexity index is 1360. The van der Waals surface area contributed by atoms with Crippen molar-refractivity contribution in [2.75, 3.05) is 13.2 Å². The van der Waals surface area contributed by atoms with Crippen molar-refractivity contribution >= 4 is 26.8 Å². The number of halogens is 1. The lowest BCUT2D eigenvalue weighted by Crippen LogP contribution is -2.24. The molecule has 0 amide bonds. The molecule has 2 fully saturated rings. The first-order valence-corrected chi connectivity index (χ1v) is 14.0. The first-order valence-electron chi connectivity index (χ1n) is 13.2. The van der Waals surface area contributed by atoms with Crippen LogP contribution >= 0.6 is 15.9 Å². The smallest absolute Gasteiger partial charge is 0.279 e. The van der Waals surface area contributed by atoms with Crippen LogP contribution in [-0.4, -0.2) is 37.5 Å². The van der Waals surface area contributed by atoms with E-state index < -0.39 is 0 Å². The Hall–Kier alpha value is -2.75. The molecule has 6 rings (SSSR count). The SMILES string of the molecule is C1CCOC1.CC.Cn1cnnc1C(c1cccc(-n2cc(Br)c3cc(CN)[nH]c3c2=O)c1)C1CCC1. The van der Waals surface area contributed by atoms with Crippen molar-refractivity contribution in [3.05, 3.63) is 74.8 Å². The summed E-state index contributed by atoms with van der Waals surface area (Å²) in [5.41, 5.74) is 9.04. The van der Waals surface area contributed by atoms with E-state index in [0.29, 0.717) is 18.0 Å². The second kappa shape index (κ2) is 12.7. The number of fused-ring (bicyclic) bond motifs is 1. The molecule has 9 heteroatoms. The van der Waals surface area contributed by atoms with Crippen molar-refractivity contribution in [3.8, 4) is 5.69 Å². The van der Waals surface area contributed by atoms with E-state index in [1.54, 1.807) is 10.9 Å². The van der Waals surface area contributed by atoms with Crippen LogP contribution in [0.15, 0.2) is 52.1 Å². The zero-order valence-electron chi connectivity index (χ0n) is 21.9. The summed E-state index contributed by atoms with van der Waals surface area (Å²) in [5, 5.41) is 9.35. The Labute approximate surface area is 226 Å². The average Bonchev–Trinajstić information content (AvgIpc) is 3.68. The van der Waals surface area contributed by atoms with Crippen molar-refractivity contribution in [2.24, 2.45) is 18.7 Å². The van der Waals surface area contributed by atoms with Gasteiger partial charge >= 0.3 is 0 Å². The molecular weight excluding hydrogens is 532 g/mol. The van der Waals surface area contributed by atoms with Gasteiger partial charge in [0.1, 0.15) is 17.7 Å². The van der Waals surface area contributed by atoms with E-state index >= 15 is 0 Å². The van der Waals surface area contributed by atoms with Gasteiger partial charge < -0.3 is 20.0 Å². The second-order valence-electron chi connectivity index (χ2n) is 9.32. The van der Waals surface area contributed by atoms with Crippen molar-refractivity contribution < 1.29 is 4.74 Å². The highest BCUT2D eigenvalue weighted by Crippen LogP contribution is 2.42. The van der Waals surface area contributed by atoms with Crippen LogP contribution in [0.5, 0.6) is 0 Å². The minimum atomic E-state index is -0.0936. The molecule has 4 aromatic rings. The molecule has 1 aliphatic heterocycles.